The molecule has 5 heteroatoms. The van der Waals surface area contributed by atoms with Gasteiger partial charge in [-0.05, 0) is 56.2 Å². The maximum atomic E-state index is 5.60. The lowest BCUT2D eigenvalue weighted by Gasteiger charge is -2.30. The van der Waals surface area contributed by atoms with E-state index >= 15 is 0 Å². The molecule has 26 heavy (non-hydrogen) atoms. The van der Waals surface area contributed by atoms with E-state index in [0.717, 1.165) is 44.4 Å². The van der Waals surface area contributed by atoms with Crippen molar-refractivity contribution in [3.05, 3.63) is 29.8 Å². The fraction of sp³-hybridized carbons (Fsp3) is 0.667. The molecule has 146 valence electrons. The van der Waals surface area contributed by atoms with Gasteiger partial charge in [0.15, 0.2) is 5.96 Å². The van der Waals surface area contributed by atoms with Crippen LogP contribution < -0.4 is 15.4 Å². The van der Waals surface area contributed by atoms with E-state index < -0.39 is 0 Å². The average molecular weight is 362 g/mol. The first-order valence-electron chi connectivity index (χ1n) is 9.95. The number of rotatable bonds is 10. The summed E-state index contributed by atoms with van der Waals surface area (Å²) in [6, 6.07) is 8.19. The first-order valence-corrected chi connectivity index (χ1v) is 9.95. The van der Waals surface area contributed by atoms with Crippen LogP contribution in [-0.2, 0) is 11.3 Å². The molecule has 0 aliphatic heterocycles. The smallest absolute Gasteiger partial charge is 0.191 e. The lowest BCUT2D eigenvalue weighted by Crippen LogP contribution is -2.43. The van der Waals surface area contributed by atoms with Crippen molar-refractivity contribution in [2.45, 2.75) is 52.5 Å². The predicted molar refractivity (Wildman–Crippen MR) is 108 cm³/mol. The molecular weight excluding hydrogens is 326 g/mol. The van der Waals surface area contributed by atoms with Crippen molar-refractivity contribution in [1.82, 2.24) is 10.6 Å². The Balaban J connectivity index is 1.83. The molecule has 2 rings (SSSR count). The molecule has 0 atom stereocenters. The molecule has 1 aliphatic carbocycles. The molecule has 0 heterocycles. The Bertz CT molecular complexity index is 554. The van der Waals surface area contributed by atoms with Crippen molar-refractivity contribution in [3.8, 4) is 5.75 Å². The van der Waals surface area contributed by atoms with Crippen molar-refractivity contribution >= 4 is 5.96 Å². The number of hydrogen-bond acceptors (Lipinski definition) is 3. The zero-order chi connectivity index (χ0) is 18.7. The zero-order valence-electron chi connectivity index (χ0n) is 16.6. The summed E-state index contributed by atoms with van der Waals surface area (Å²) in [6.45, 7) is 8.09. The summed E-state index contributed by atoms with van der Waals surface area (Å²) in [5, 5.41) is 6.96. The van der Waals surface area contributed by atoms with Crippen LogP contribution in [0, 0.1) is 5.41 Å². The molecule has 0 bridgehead atoms. The fourth-order valence-corrected chi connectivity index (χ4v) is 3.66. The van der Waals surface area contributed by atoms with Gasteiger partial charge >= 0.3 is 0 Å². The third-order valence-electron chi connectivity index (χ3n) is 5.17. The third kappa shape index (κ3) is 6.52. The van der Waals surface area contributed by atoms with Crippen LogP contribution in [-0.4, -0.2) is 39.4 Å². The van der Waals surface area contributed by atoms with Crippen LogP contribution in [0.5, 0.6) is 5.75 Å². The second kappa shape index (κ2) is 11.1. The molecule has 5 nitrogen and oxygen atoms in total. The molecule has 0 unspecified atom stereocenters. The number of hydrogen-bond donors (Lipinski definition) is 2. The normalized spacial score (nSPS) is 16.5. The summed E-state index contributed by atoms with van der Waals surface area (Å²) < 4.78 is 11.2. The molecule has 0 radical (unpaired) electrons. The molecule has 0 saturated heterocycles. The Morgan fingerprint density at radius 2 is 1.96 bits per heavy atom. The van der Waals surface area contributed by atoms with Gasteiger partial charge in [0.1, 0.15) is 5.75 Å². The van der Waals surface area contributed by atoms with Crippen LogP contribution in [0.15, 0.2) is 29.3 Å². The standard InChI is InChI=1S/C21H35N3O2/c1-4-25-14-13-21(11-6-7-12-21)17-24-20(22-3)23-16-18-9-8-10-19(15-18)26-5-2/h8-10,15H,4-7,11-14,16-17H2,1-3H3,(H2,22,23,24). The van der Waals surface area contributed by atoms with E-state index in [2.05, 4.69) is 34.7 Å². The Morgan fingerprint density at radius 3 is 2.65 bits per heavy atom. The second-order valence-corrected chi connectivity index (χ2v) is 7.01. The Kier molecular flexibility index (Phi) is 8.75. The minimum absolute atomic E-state index is 0.349. The van der Waals surface area contributed by atoms with Gasteiger partial charge in [0, 0.05) is 33.4 Å². The van der Waals surface area contributed by atoms with Crippen molar-refractivity contribution in [1.29, 1.82) is 0 Å². The monoisotopic (exact) mass is 361 g/mol. The number of guanidine groups is 1. The minimum atomic E-state index is 0.349. The topological polar surface area (TPSA) is 54.9 Å². The van der Waals surface area contributed by atoms with E-state index in [1.807, 2.05) is 26.1 Å². The summed E-state index contributed by atoms with van der Waals surface area (Å²) in [7, 11) is 1.83. The van der Waals surface area contributed by atoms with Crippen LogP contribution in [0.25, 0.3) is 0 Å². The Labute approximate surface area is 158 Å². The van der Waals surface area contributed by atoms with Gasteiger partial charge in [-0.25, -0.2) is 0 Å². The van der Waals surface area contributed by atoms with Crippen LogP contribution in [0.1, 0.15) is 51.5 Å². The summed E-state index contributed by atoms with van der Waals surface area (Å²) in [5.41, 5.74) is 1.53. The number of aliphatic imine (C=N–C) groups is 1. The van der Waals surface area contributed by atoms with Crippen LogP contribution >= 0.6 is 0 Å². The number of nitrogens with one attached hydrogen (secondary N) is 2. The molecule has 1 aromatic rings. The van der Waals surface area contributed by atoms with Gasteiger partial charge in [-0.15, -0.1) is 0 Å². The van der Waals surface area contributed by atoms with E-state index in [9.17, 15) is 0 Å². The van der Waals surface area contributed by atoms with Gasteiger partial charge < -0.3 is 20.1 Å². The average Bonchev–Trinajstić information content (AvgIpc) is 3.12. The van der Waals surface area contributed by atoms with E-state index in [4.69, 9.17) is 9.47 Å². The van der Waals surface area contributed by atoms with Gasteiger partial charge in [0.05, 0.1) is 6.61 Å². The maximum absolute atomic E-state index is 5.60. The highest BCUT2D eigenvalue weighted by molar-refractivity contribution is 5.79. The van der Waals surface area contributed by atoms with Crippen molar-refractivity contribution in [3.63, 3.8) is 0 Å². The molecule has 1 aromatic carbocycles. The molecular formula is C21H35N3O2. The van der Waals surface area contributed by atoms with Crippen LogP contribution in [0.3, 0.4) is 0 Å². The number of ether oxygens (including phenoxy) is 2. The maximum Gasteiger partial charge on any atom is 0.191 e. The zero-order valence-corrected chi connectivity index (χ0v) is 16.6. The molecule has 0 amide bonds. The SMILES string of the molecule is CCOCCC1(CNC(=NC)NCc2cccc(OCC)c2)CCCC1. The van der Waals surface area contributed by atoms with Gasteiger partial charge in [-0.3, -0.25) is 4.99 Å². The molecule has 2 N–H and O–H groups in total. The van der Waals surface area contributed by atoms with E-state index in [1.54, 1.807) is 0 Å². The highest BCUT2D eigenvalue weighted by Crippen LogP contribution is 2.40. The highest BCUT2D eigenvalue weighted by atomic mass is 16.5. The Hall–Kier alpha value is -1.75. The van der Waals surface area contributed by atoms with Crippen molar-refractivity contribution < 1.29 is 9.47 Å². The lowest BCUT2D eigenvalue weighted by molar-refractivity contribution is 0.105. The summed E-state index contributed by atoms with van der Waals surface area (Å²) in [4.78, 5) is 4.38. The predicted octanol–water partition coefficient (Wildman–Crippen LogP) is 3.74. The van der Waals surface area contributed by atoms with Crippen LogP contribution in [0.4, 0.5) is 0 Å². The number of nitrogens with zero attached hydrogens (tertiary/aromatic N) is 1. The fourth-order valence-electron chi connectivity index (χ4n) is 3.66. The van der Waals surface area contributed by atoms with Gasteiger partial charge in [0.2, 0.25) is 0 Å². The van der Waals surface area contributed by atoms with E-state index in [1.165, 1.54) is 31.2 Å². The van der Waals surface area contributed by atoms with Gasteiger partial charge in [-0.1, -0.05) is 25.0 Å². The number of benzene rings is 1. The first-order chi connectivity index (χ1) is 12.7. The first kappa shape index (κ1) is 20.6. The quantitative estimate of drug-likeness (QED) is 0.379. The molecule has 1 fully saturated rings. The second-order valence-electron chi connectivity index (χ2n) is 7.01. The van der Waals surface area contributed by atoms with Crippen LogP contribution in [0.2, 0.25) is 0 Å². The Morgan fingerprint density at radius 1 is 1.15 bits per heavy atom. The van der Waals surface area contributed by atoms with E-state index in [-0.39, 0.29) is 0 Å². The highest BCUT2D eigenvalue weighted by Gasteiger charge is 2.33. The minimum Gasteiger partial charge on any atom is -0.494 e. The van der Waals surface area contributed by atoms with E-state index in [0.29, 0.717) is 12.0 Å². The molecule has 1 saturated carbocycles. The van der Waals surface area contributed by atoms with Crippen molar-refractivity contribution in [2.24, 2.45) is 10.4 Å². The molecule has 0 aromatic heterocycles. The summed E-state index contributed by atoms with van der Waals surface area (Å²) >= 11 is 0. The summed E-state index contributed by atoms with van der Waals surface area (Å²) in [6.07, 6.45) is 6.33. The lowest BCUT2D eigenvalue weighted by atomic mass is 9.83. The third-order valence-corrected chi connectivity index (χ3v) is 5.17. The van der Waals surface area contributed by atoms with Crippen molar-refractivity contribution in [2.75, 3.05) is 33.4 Å². The molecule has 1 aliphatic rings. The van der Waals surface area contributed by atoms with Gasteiger partial charge in [0.25, 0.3) is 0 Å². The summed E-state index contributed by atoms with van der Waals surface area (Å²) in [5.74, 6) is 1.77. The van der Waals surface area contributed by atoms with Gasteiger partial charge in [-0.2, -0.15) is 0 Å². The largest absolute Gasteiger partial charge is 0.494 e. The molecule has 0 spiro atoms.